The number of nitrogens with zero attached hydrogens (tertiary/aromatic N) is 4. The van der Waals surface area contributed by atoms with Crippen LogP contribution in [0.2, 0.25) is 0 Å². The predicted molar refractivity (Wildman–Crippen MR) is 470 cm³/mol. The summed E-state index contributed by atoms with van der Waals surface area (Å²) in [6.07, 6.45) is 0. The van der Waals surface area contributed by atoms with E-state index in [4.69, 9.17) is 0 Å². The summed E-state index contributed by atoms with van der Waals surface area (Å²) in [7, 11) is 0. The fourth-order valence-corrected chi connectivity index (χ4v) is 17.2. The maximum absolute atomic E-state index is 2.62. The first-order chi connectivity index (χ1) is 52.2. The molecule has 109 heavy (non-hydrogen) atoms. The van der Waals surface area contributed by atoms with Gasteiger partial charge in [-0.15, -0.1) is 0 Å². The summed E-state index contributed by atoms with van der Waals surface area (Å²) in [6.45, 7) is 34.7. The van der Waals surface area contributed by atoms with Gasteiger partial charge in [-0.2, -0.15) is 0 Å². The van der Waals surface area contributed by atoms with E-state index in [9.17, 15) is 0 Å². The first-order valence-electron chi connectivity index (χ1n) is 39.1. The van der Waals surface area contributed by atoms with Gasteiger partial charge in [-0.05, 0) is 254 Å². The highest BCUT2D eigenvalue weighted by atomic mass is 15.2. The van der Waals surface area contributed by atoms with Gasteiger partial charge in [0.15, 0.2) is 0 Å². The molecule has 0 amide bonds. The summed E-state index contributed by atoms with van der Waals surface area (Å²) in [5.41, 5.74) is 35.6. The molecule has 0 saturated heterocycles. The van der Waals surface area contributed by atoms with E-state index in [1.165, 1.54) is 121 Å². The standard InChI is InChI=1S/C104H95BN4/c1-100(2,3)76-37-31-70(32-38-76)75-58-97-99-98(59-75)107(82-45-35-71(36-46-82)74-56-72(67-27-21-17-22-28-67)55-73(57-74)68-29-23-18-24-30-68)96-65-84(109-93-53-41-79(103(10,11)12)62-87(93)88-63-80(104(13,14)15)42-54-94(88)109)48-50-90(96)105(99)89-49-47-83(64-95(89)106(97)81-43-33-69(34-44-81)66-25-19-16-20-26-66)108-91-51-39-77(101(4,5)6)60-85(91)86-61-78(102(7,8)9)40-52-92(86)108/h16-65H,1-15H3. The molecule has 0 fully saturated rings. The van der Waals surface area contributed by atoms with Gasteiger partial charge in [0, 0.05) is 67.0 Å². The molecule has 0 aliphatic carbocycles. The van der Waals surface area contributed by atoms with Gasteiger partial charge in [-0.1, -0.05) is 280 Å². The highest BCUT2D eigenvalue weighted by molar-refractivity contribution is 7.00. The SMILES string of the molecule is CC(C)(C)c1ccc(-c2cc3c4c(c2)N(c2ccc(-c5cc(-c6ccccc6)cc(-c6ccccc6)c5)cc2)c2cc(-n5c6ccc(C(C)(C)C)cc6c6cc(C(C)(C)C)ccc65)ccc2B4c2ccc(-n4c5ccc(C(C)(C)C)cc5c5cc(C(C)(C)C)ccc54)cc2N3c2ccc(-c3ccccc3)cc2)cc1. The maximum atomic E-state index is 2.62. The lowest BCUT2D eigenvalue weighted by molar-refractivity contribution is 0.590. The van der Waals surface area contributed by atoms with E-state index in [1.807, 2.05) is 0 Å². The molecular weight excluding hydrogens is 1320 g/mol. The summed E-state index contributed by atoms with van der Waals surface area (Å²) in [6, 6.07) is 117. The summed E-state index contributed by atoms with van der Waals surface area (Å²) in [5.74, 6) is 0. The van der Waals surface area contributed by atoms with Crippen molar-refractivity contribution < 1.29 is 0 Å². The van der Waals surface area contributed by atoms with Crippen LogP contribution in [0.15, 0.2) is 303 Å². The number of benzene rings is 14. The highest BCUT2D eigenvalue weighted by Crippen LogP contribution is 2.50. The quantitative estimate of drug-likeness (QED) is 0.134. The van der Waals surface area contributed by atoms with Crippen molar-refractivity contribution in [1.29, 1.82) is 0 Å². The third-order valence-corrected chi connectivity index (χ3v) is 23.5. The van der Waals surface area contributed by atoms with E-state index in [0.29, 0.717) is 0 Å². The van der Waals surface area contributed by atoms with Gasteiger partial charge in [0.2, 0.25) is 0 Å². The third-order valence-electron chi connectivity index (χ3n) is 23.5. The van der Waals surface area contributed by atoms with E-state index in [-0.39, 0.29) is 33.8 Å². The topological polar surface area (TPSA) is 16.3 Å². The van der Waals surface area contributed by atoms with Crippen LogP contribution in [-0.4, -0.2) is 15.8 Å². The first kappa shape index (κ1) is 69.1. The molecule has 2 aliphatic rings. The zero-order chi connectivity index (χ0) is 75.4. The normalized spacial score (nSPS) is 13.2. The number of aromatic nitrogens is 2. The van der Waals surface area contributed by atoms with Crippen molar-refractivity contribution in [1.82, 2.24) is 9.13 Å². The zero-order valence-corrected chi connectivity index (χ0v) is 65.7. The summed E-state index contributed by atoms with van der Waals surface area (Å²) in [4.78, 5) is 5.23. The average molecular weight is 1410 g/mol. The average Bonchev–Trinajstić information content (AvgIpc) is 1.44. The Kier molecular flexibility index (Phi) is 16.2. The van der Waals surface area contributed by atoms with E-state index in [2.05, 4.69) is 426 Å². The number of rotatable bonds is 9. The van der Waals surface area contributed by atoms with Crippen LogP contribution in [-0.2, 0) is 27.1 Å². The Morgan fingerprint density at radius 2 is 0.459 bits per heavy atom. The van der Waals surface area contributed by atoms with E-state index >= 15 is 0 Å². The minimum Gasteiger partial charge on any atom is -0.311 e. The molecule has 18 rings (SSSR count). The maximum Gasteiger partial charge on any atom is 0.252 e. The van der Waals surface area contributed by atoms with Crippen molar-refractivity contribution in [2.45, 2.75) is 131 Å². The minimum absolute atomic E-state index is 0.0334. The van der Waals surface area contributed by atoms with Crippen LogP contribution in [0, 0.1) is 0 Å². The Morgan fingerprint density at radius 3 is 0.771 bits per heavy atom. The molecule has 0 saturated carbocycles. The summed E-state index contributed by atoms with van der Waals surface area (Å²) >= 11 is 0. The van der Waals surface area contributed by atoms with Crippen molar-refractivity contribution in [3.05, 3.63) is 331 Å². The Hall–Kier alpha value is -11.7. The molecular formula is C104H95BN4. The summed E-state index contributed by atoms with van der Waals surface area (Å²) < 4.78 is 5.09. The molecule has 534 valence electrons. The Bertz CT molecular complexity index is 6060. The minimum atomic E-state index is -0.188. The van der Waals surface area contributed by atoms with E-state index < -0.39 is 0 Å². The largest absolute Gasteiger partial charge is 0.311 e. The molecule has 5 heteroatoms. The second kappa shape index (κ2) is 25.5. The van der Waals surface area contributed by atoms with Gasteiger partial charge in [0.1, 0.15) is 0 Å². The van der Waals surface area contributed by atoms with Crippen LogP contribution in [0.5, 0.6) is 0 Å². The molecule has 4 nitrogen and oxygen atoms in total. The second-order valence-corrected chi connectivity index (χ2v) is 35.9. The molecule has 14 aromatic carbocycles. The molecule has 0 radical (unpaired) electrons. The molecule has 2 aliphatic heterocycles. The van der Waals surface area contributed by atoms with E-state index in [1.54, 1.807) is 0 Å². The molecule has 2 aromatic heterocycles. The molecule has 0 atom stereocenters. The van der Waals surface area contributed by atoms with Gasteiger partial charge in [0.05, 0.1) is 22.1 Å². The fourth-order valence-electron chi connectivity index (χ4n) is 17.2. The molecule has 0 spiro atoms. The van der Waals surface area contributed by atoms with Crippen LogP contribution < -0.4 is 26.2 Å². The highest BCUT2D eigenvalue weighted by Gasteiger charge is 2.45. The monoisotopic (exact) mass is 1410 g/mol. The van der Waals surface area contributed by atoms with Gasteiger partial charge in [-0.3, -0.25) is 0 Å². The molecule has 16 aromatic rings. The van der Waals surface area contributed by atoms with Crippen molar-refractivity contribution in [3.8, 4) is 67.0 Å². The molecule has 4 heterocycles. The molecule has 0 unspecified atom stereocenters. The van der Waals surface area contributed by atoms with Crippen LogP contribution >= 0.6 is 0 Å². The lowest BCUT2D eigenvalue weighted by atomic mass is 9.33. The van der Waals surface area contributed by atoms with Crippen molar-refractivity contribution in [2.24, 2.45) is 0 Å². The van der Waals surface area contributed by atoms with Gasteiger partial charge < -0.3 is 18.9 Å². The van der Waals surface area contributed by atoms with Gasteiger partial charge in [0.25, 0.3) is 6.71 Å². The molecule has 0 bridgehead atoms. The van der Waals surface area contributed by atoms with E-state index in [0.717, 1.165) is 67.8 Å². The number of anilines is 6. The zero-order valence-electron chi connectivity index (χ0n) is 65.7. The van der Waals surface area contributed by atoms with Crippen LogP contribution in [0.3, 0.4) is 0 Å². The lowest BCUT2D eigenvalue weighted by Crippen LogP contribution is -2.61. The van der Waals surface area contributed by atoms with Crippen molar-refractivity contribution in [3.63, 3.8) is 0 Å². The van der Waals surface area contributed by atoms with Crippen molar-refractivity contribution >= 4 is 101 Å². The fraction of sp³-hybridized carbons (Fsp3) is 0.192. The predicted octanol–water partition coefficient (Wildman–Crippen LogP) is 26.8. The Morgan fingerprint density at radius 1 is 0.202 bits per heavy atom. The number of hydrogen-bond donors (Lipinski definition) is 0. The first-order valence-corrected chi connectivity index (χ1v) is 39.1. The lowest BCUT2D eigenvalue weighted by Gasteiger charge is -2.44. The van der Waals surface area contributed by atoms with Crippen LogP contribution in [0.4, 0.5) is 34.1 Å². The Balaban J connectivity index is 0.925. The summed E-state index contributed by atoms with van der Waals surface area (Å²) in [5, 5.41) is 5.08. The number of hydrogen-bond acceptors (Lipinski definition) is 2. The van der Waals surface area contributed by atoms with Gasteiger partial charge >= 0.3 is 0 Å². The third kappa shape index (κ3) is 12.1. The smallest absolute Gasteiger partial charge is 0.252 e. The second-order valence-electron chi connectivity index (χ2n) is 35.9. The molecule has 0 N–H and O–H groups in total. The van der Waals surface area contributed by atoms with Gasteiger partial charge in [-0.25, -0.2) is 0 Å². The van der Waals surface area contributed by atoms with Crippen LogP contribution in [0.25, 0.3) is 111 Å². The van der Waals surface area contributed by atoms with Crippen molar-refractivity contribution in [2.75, 3.05) is 9.80 Å². The number of fused-ring (bicyclic) bond motifs is 10. The van der Waals surface area contributed by atoms with Crippen LogP contribution in [0.1, 0.15) is 132 Å². The Labute approximate surface area is 644 Å².